The highest BCUT2D eigenvalue weighted by Crippen LogP contribution is 2.31. The maximum atomic E-state index is 13.1. The van der Waals surface area contributed by atoms with E-state index in [4.69, 9.17) is 5.21 Å². The van der Waals surface area contributed by atoms with Gasteiger partial charge in [-0.15, -0.1) is 0 Å². The fourth-order valence-electron chi connectivity index (χ4n) is 3.60. The molecule has 1 aromatic rings. The first kappa shape index (κ1) is 23.9. The van der Waals surface area contributed by atoms with Crippen molar-refractivity contribution in [3.63, 3.8) is 0 Å². The number of anilines is 1. The lowest BCUT2D eigenvalue weighted by atomic mass is 9.89. The molecule has 3 N–H and O–H groups in total. The van der Waals surface area contributed by atoms with Crippen LogP contribution in [-0.4, -0.2) is 63.8 Å². The largest absolute Gasteiger partial charge is 0.416 e. The summed E-state index contributed by atoms with van der Waals surface area (Å²) in [6.45, 7) is 6.11. The smallest absolute Gasteiger partial charge is 0.382 e. The predicted molar refractivity (Wildman–Crippen MR) is 102 cm³/mol. The van der Waals surface area contributed by atoms with Gasteiger partial charge >= 0.3 is 6.18 Å². The third kappa shape index (κ3) is 5.60. The molecule has 30 heavy (non-hydrogen) atoms. The molecule has 0 bridgehead atoms. The maximum Gasteiger partial charge on any atom is 0.416 e. The normalized spacial score (nSPS) is 19.6. The third-order valence-corrected chi connectivity index (χ3v) is 5.11. The zero-order chi connectivity index (χ0) is 22.6. The number of rotatable bonds is 6. The van der Waals surface area contributed by atoms with Crippen molar-refractivity contribution in [3.8, 4) is 0 Å². The second-order valence-electron chi connectivity index (χ2n) is 7.88. The molecule has 0 saturated carbocycles. The summed E-state index contributed by atoms with van der Waals surface area (Å²) < 4.78 is 38.9. The van der Waals surface area contributed by atoms with E-state index in [0.29, 0.717) is 0 Å². The molecule has 0 aliphatic carbocycles. The molecule has 1 aliphatic heterocycles. The molecule has 2 rings (SSSR count). The molecular formula is C19H27F3N4O4. The van der Waals surface area contributed by atoms with Crippen LogP contribution in [-0.2, 0) is 15.8 Å². The van der Waals surface area contributed by atoms with Gasteiger partial charge in [-0.25, -0.2) is 10.5 Å². The molecule has 3 atom stereocenters. The highest BCUT2D eigenvalue weighted by molar-refractivity contribution is 5.89. The minimum atomic E-state index is -4.48. The molecule has 1 aliphatic rings. The number of aliphatic hydroxyl groups excluding tert-OH is 1. The van der Waals surface area contributed by atoms with Crippen molar-refractivity contribution >= 4 is 17.6 Å². The van der Waals surface area contributed by atoms with Crippen molar-refractivity contribution in [1.29, 1.82) is 0 Å². The van der Waals surface area contributed by atoms with E-state index < -0.39 is 35.6 Å². The van der Waals surface area contributed by atoms with E-state index >= 15 is 0 Å². The zero-order valence-electron chi connectivity index (χ0n) is 17.1. The monoisotopic (exact) mass is 432 g/mol. The standard InChI is InChI=1S/C19H27F3N4O4/c1-11(2)8-14(16(27)17(28)24-30)18(29)26-7-6-25(10-12(26)3)15-9-13(4-5-23-15)19(20,21)22/h4-5,9,11-12,14,16,27,30H,6-8,10H2,1-3H3,(H,24,28)/t12-,14?,16?/m1/s1. The highest BCUT2D eigenvalue weighted by Gasteiger charge is 2.39. The van der Waals surface area contributed by atoms with Crippen molar-refractivity contribution in [2.24, 2.45) is 11.8 Å². The summed E-state index contributed by atoms with van der Waals surface area (Å²) in [4.78, 5) is 31.9. The molecule has 8 nitrogen and oxygen atoms in total. The van der Waals surface area contributed by atoms with Crippen LogP contribution in [0.15, 0.2) is 18.3 Å². The number of aliphatic hydroxyl groups is 1. The molecule has 1 aromatic heterocycles. The van der Waals surface area contributed by atoms with E-state index in [9.17, 15) is 27.9 Å². The van der Waals surface area contributed by atoms with Gasteiger partial charge < -0.3 is 14.9 Å². The third-order valence-electron chi connectivity index (χ3n) is 5.11. The van der Waals surface area contributed by atoms with Crippen LogP contribution in [0.25, 0.3) is 0 Å². The molecular weight excluding hydrogens is 405 g/mol. The van der Waals surface area contributed by atoms with Crippen molar-refractivity contribution in [2.45, 2.75) is 45.5 Å². The Bertz CT molecular complexity index is 760. The second-order valence-corrected chi connectivity index (χ2v) is 7.88. The molecule has 2 unspecified atom stereocenters. The number of carbonyl (C=O) groups is 2. The molecule has 11 heteroatoms. The Kier molecular flexibility index (Phi) is 7.64. The molecule has 0 radical (unpaired) electrons. The summed E-state index contributed by atoms with van der Waals surface area (Å²) in [5, 5.41) is 19.0. The number of carbonyl (C=O) groups excluding carboxylic acids is 2. The van der Waals surface area contributed by atoms with Gasteiger partial charge in [0, 0.05) is 31.9 Å². The lowest BCUT2D eigenvalue weighted by molar-refractivity contribution is -0.152. The second kappa shape index (κ2) is 9.61. The summed E-state index contributed by atoms with van der Waals surface area (Å²) in [6, 6.07) is 1.49. The number of halogens is 3. The zero-order valence-corrected chi connectivity index (χ0v) is 17.1. The first-order valence-electron chi connectivity index (χ1n) is 9.66. The number of hydrogen-bond donors (Lipinski definition) is 3. The Morgan fingerprint density at radius 1 is 1.33 bits per heavy atom. The Labute approximate surface area is 172 Å². The summed E-state index contributed by atoms with van der Waals surface area (Å²) in [5.41, 5.74) is 0.568. The minimum Gasteiger partial charge on any atom is -0.382 e. The Morgan fingerprint density at radius 3 is 2.53 bits per heavy atom. The van der Waals surface area contributed by atoms with Crippen LogP contribution in [0.1, 0.15) is 32.8 Å². The summed E-state index contributed by atoms with van der Waals surface area (Å²) >= 11 is 0. The van der Waals surface area contributed by atoms with Crippen LogP contribution in [0, 0.1) is 11.8 Å². The average molecular weight is 432 g/mol. The van der Waals surface area contributed by atoms with Crippen LogP contribution >= 0.6 is 0 Å². The molecule has 168 valence electrons. The summed E-state index contributed by atoms with van der Waals surface area (Å²) in [6.07, 6.45) is -4.85. The van der Waals surface area contributed by atoms with E-state index in [-0.39, 0.29) is 43.8 Å². The van der Waals surface area contributed by atoms with Gasteiger partial charge in [0.05, 0.1) is 11.5 Å². The van der Waals surface area contributed by atoms with Crippen LogP contribution < -0.4 is 10.4 Å². The number of aromatic nitrogens is 1. The van der Waals surface area contributed by atoms with Gasteiger partial charge in [-0.3, -0.25) is 14.8 Å². The van der Waals surface area contributed by atoms with Gasteiger partial charge in [-0.1, -0.05) is 13.8 Å². The van der Waals surface area contributed by atoms with Crippen LogP contribution in [0.3, 0.4) is 0 Å². The van der Waals surface area contributed by atoms with Gasteiger partial charge in [0.25, 0.3) is 5.91 Å². The Balaban J connectivity index is 2.15. The van der Waals surface area contributed by atoms with E-state index in [0.717, 1.165) is 18.3 Å². The van der Waals surface area contributed by atoms with Crippen LogP contribution in [0.2, 0.25) is 0 Å². The number of pyridine rings is 1. The van der Waals surface area contributed by atoms with Crippen LogP contribution in [0.4, 0.5) is 19.0 Å². The molecule has 1 saturated heterocycles. The molecule has 2 heterocycles. The number of hydrogen-bond acceptors (Lipinski definition) is 6. The number of hydroxylamine groups is 1. The first-order chi connectivity index (χ1) is 14.0. The van der Waals surface area contributed by atoms with Crippen molar-refractivity contribution < 1.29 is 33.1 Å². The minimum absolute atomic E-state index is 0.00555. The Morgan fingerprint density at radius 2 is 2.00 bits per heavy atom. The Hall–Kier alpha value is -2.40. The van der Waals surface area contributed by atoms with E-state index in [1.165, 1.54) is 10.4 Å². The average Bonchev–Trinajstić information content (AvgIpc) is 2.69. The van der Waals surface area contributed by atoms with Crippen LogP contribution in [0.5, 0.6) is 0 Å². The number of alkyl halides is 3. The van der Waals surface area contributed by atoms with Gasteiger partial charge in [-0.05, 0) is 31.4 Å². The van der Waals surface area contributed by atoms with Gasteiger partial charge in [-0.2, -0.15) is 13.2 Å². The first-order valence-corrected chi connectivity index (χ1v) is 9.66. The SMILES string of the molecule is CC(C)CC(C(=O)N1CCN(c2cc(C(F)(F)F)ccn2)C[C@H]1C)C(O)C(=O)NO. The number of nitrogens with zero attached hydrogens (tertiary/aromatic N) is 3. The van der Waals surface area contributed by atoms with E-state index in [1.807, 2.05) is 13.8 Å². The maximum absolute atomic E-state index is 13.1. The quantitative estimate of drug-likeness (QED) is 0.467. The fourth-order valence-corrected chi connectivity index (χ4v) is 3.60. The van der Waals surface area contributed by atoms with Gasteiger partial charge in [0.15, 0.2) is 0 Å². The summed E-state index contributed by atoms with van der Waals surface area (Å²) in [7, 11) is 0. The van der Waals surface area contributed by atoms with Crippen molar-refractivity contribution in [1.82, 2.24) is 15.4 Å². The molecule has 1 fully saturated rings. The number of piperazine rings is 1. The van der Waals surface area contributed by atoms with E-state index in [1.54, 1.807) is 11.8 Å². The molecule has 0 aromatic carbocycles. The topological polar surface area (TPSA) is 106 Å². The molecule has 0 spiro atoms. The number of nitrogens with one attached hydrogen (secondary N) is 1. The van der Waals surface area contributed by atoms with Gasteiger partial charge in [0.2, 0.25) is 5.91 Å². The fraction of sp³-hybridized carbons (Fsp3) is 0.632. The van der Waals surface area contributed by atoms with E-state index in [2.05, 4.69) is 4.98 Å². The van der Waals surface area contributed by atoms with Gasteiger partial charge in [0.1, 0.15) is 11.9 Å². The molecule has 2 amide bonds. The lowest BCUT2D eigenvalue weighted by Crippen LogP contribution is -2.57. The number of amides is 2. The lowest BCUT2D eigenvalue weighted by Gasteiger charge is -2.42. The van der Waals surface area contributed by atoms with Crippen molar-refractivity contribution in [3.05, 3.63) is 23.9 Å². The predicted octanol–water partition coefficient (Wildman–Crippen LogP) is 1.67. The van der Waals surface area contributed by atoms with Crippen molar-refractivity contribution in [2.75, 3.05) is 24.5 Å². The highest BCUT2D eigenvalue weighted by atomic mass is 19.4. The summed E-state index contributed by atoms with van der Waals surface area (Å²) in [5.74, 6) is -2.37.